The third-order valence-electron chi connectivity index (χ3n) is 6.55. The Bertz CT molecular complexity index is 1080. The van der Waals surface area contributed by atoms with Crippen molar-refractivity contribution < 1.29 is 4.79 Å². The second-order valence-corrected chi connectivity index (χ2v) is 8.78. The number of aromatic nitrogens is 1. The summed E-state index contributed by atoms with van der Waals surface area (Å²) in [6.07, 6.45) is 0. The third-order valence-corrected chi connectivity index (χ3v) is 6.55. The normalized spacial score (nSPS) is 15.5. The van der Waals surface area contributed by atoms with E-state index in [2.05, 4.69) is 86.3 Å². The van der Waals surface area contributed by atoms with Crippen LogP contribution < -0.4 is 4.90 Å². The van der Waals surface area contributed by atoms with Crippen LogP contribution in [0.5, 0.6) is 0 Å². The summed E-state index contributed by atoms with van der Waals surface area (Å²) in [7, 11) is 4.20. The summed E-state index contributed by atoms with van der Waals surface area (Å²) >= 11 is 0. The van der Waals surface area contributed by atoms with Gasteiger partial charge in [-0.3, -0.25) is 4.79 Å². The highest BCUT2D eigenvalue weighted by Crippen LogP contribution is 2.29. The Labute approximate surface area is 185 Å². The van der Waals surface area contributed by atoms with Gasteiger partial charge in [0.1, 0.15) is 0 Å². The SMILES string of the molecule is CC(=O)N1CCN(c2ccc3nc(-c4ccc(C(C)N(C)C)cc4)cc(C)c3c2)CC1. The fraction of sp³-hybridized carbons (Fsp3) is 0.385. The lowest BCUT2D eigenvalue weighted by Crippen LogP contribution is -2.48. The number of carbonyl (C=O) groups is 1. The summed E-state index contributed by atoms with van der Waals surface area (Å²) in [5, 5.41) is 1.19. The van der Waals surface area contributed by atoms with E-state index in [0.29, 0.717) is 6.04 Å². The molecule has 1 atom stereocenters. The molecule has 2 heterocycles. The van der Waals surface area contributed by atoms with Crippen LogP contribution in [-0.2, 0) is 4.79 Å². The summed E-state index contributed by atoms with van der Waals surface area (Å²) < 4.78 is 0. The van der Waals surface area contributed by atoms with Crippen molar-refractivity contribution in [3.8, 4) is 11.3 Å². The minimum Gasteiger partial charge on any atom is -0.368 e. The third kappa shape index (κ3) is 4.42. The minimum absolute atomic E-state index is 0.162. The highest BCUT2D eigenvalue weighted by molar-refractivity contribution is 5.88. The molecule has 1 saturated heterocycles. The molecule has 1 aromatic heterocycles. The Morgan fingerprint density at radius 1 is 1.00 bits per heavy atom. The van der Waals surface area contributed by atoms with E-state index in [1.54, 1.807) is 6.92 Å². The van der Waals surface area contributed by atoms with E-state index in [-0.39, 0.29) is 5.91 Å². The molecule has 4 rings (SSSR count). The van der Waals surface area contributed by atoms with Crippen molar-refractivity contribution in [2.45, 2.75) is 26.8 Å². The first-order valence-electron chi connectivity index (χ1n) is 11.0. The second-order valence-electron chi connectivity index (χ2n) is 8.78. The maximum absolute atomic E-state index is 11.6. The van der Waals surface area contributed by atoms with Crippen LogP contribution in [0, 0.1) is 6.92 Å². The Morgan fingerprint density at radius 3 is 2.29 bits per heavy atom. The van der Waals surface area contributed by atoms with Crippen molar-refractivity contribution in [1.29, 1.82) is 0 Å². The molecule has 0 N–H and O–H groups in total. The molecule has 0 aliphatic carbocycles. The van der Waals surface area contributed by atoms with Gasteiger partial charge in [0.15, 0.2) is 0 Å². The van der Waals surface area contributed by atoms with Crippen molar-refractivity contribution in [2.24, 2.45) is 0 Å². The van der Waals surface area contributed by atoms with Gasteiger partial charge in [0.2, 0.25) is 5.91 Å². The van der Waals surface area contributed by atoms with E-state index in [1.165, 1.54) is 22.2 Å². The number of anilines is 1. The predicted molar refractivity (Wildman–Crippen MR) is 128 cm³/mol. The molecule has 1 aliphatic heterocycles. The maximum atomic E-state index is 11.6. The van der Waals surface area contributed by atoms with Crippen LogP contribution in [0.3, 0.4) is 0 Å². The number of hydrogen-bond acceptors (Lipinski definition) is 4. The predicted octanol–water partition coefficient (Wildman–Crippen LogP) is 4.50. The molecule has 2 aromatic carbocycles. The number of piperazine rings is 1. The van der Waals surface area contributed by atoms with Crippen molar-refractivity contribution >= 4 is 22.5 Å². The molecule has 1 unspecified atom stereocenters. The van der Waals surface area contributed by atoms with Crippen LogP contribution in [0.4, 0.5) is 5.69 Å². The van der Waals surface area contributed by atoms with E-state index >= 15 is 0 Å². The van der Waals surface area contributed by atoms with Gasteiger partial charge < -0.3 is 14.7 Å². The van der Waals surface area contributed by atoms with Gasteiger partial charge in [-0.2, -0.15) is 0 Å². The molecule has 5 nitrogen and oxygen atoms in total. The van der Waals surface area contributed by atoms with Crippen molar-refractivity contribution in [3.63, 3.8) is 0 Å². The van der Waals surface area contributed by atoms with Gasteiger partial charge in [-0.05, 0) is 63.3 Å². The van der Waals surface area contributed by atoms with Crippen molar-refractivity contribution in [1.82, 2.24) is 14.8 Å². The van der Waals surface area contributed by atoms with E-state index in [4.69, 9.17) is 4.98 Å². The molecule has 3 aromatic rings. The summed E-state index contributed by atoms with van der Waals surface area (Å²) in [5.74, 6) is 0.162. The minimum atomic E-state index is 0.162. The summed E-state index contributed by atoms with van der Waals surface area (Å²) in [5.41, 5.74) is 6.92. The lowest BCUT2D eigenvalue weighted by Gasteiger charge is -2.35. The summed E-state index contributed by atoms with van der Waals surface area (Å²) in [4.78, 5) is 23.0. The first kappa shape index (κ1) is 21.3. The molecule has 5 heteroatoms. The number of aryl methyl sites for hydroxylation is 1. The lowest BCUT2D eigenvalue weighted by atomic mass is 10.0. The van der Waals surface area contributed by atoms with Gasteiger partial charge in [-0.25, -0.2) is 4.98 Å². The van der Waals surface area contributed by atoms with Crippen LogP contribution in [0.1, 0.15) is 31.0 Å². The van der Waals surface area contributed by atoms with Crippen LogP contribution >= 0.6 is 0 Å². The molecular formula is C26H32N4O. The Balaban J connectivity index is 1.58. The quantitative estimate of drug-likeness (QED) is 0.628. The molecule has 31 heavy (non-hydrogen) atoms. The number of fused-ring (bicyclic) bond motifs is 1. The largest absolute Gasteiger partial charge is 0.368 e. The zero-order valence-corrected chi connectivity index (χ0v) is 19.2. The zero-order chi connectivity index (χ0) is 22.1. The fourth-order valence-electron chi connectivity index (χ4n) is 4.24. The molecule has 0 spiro atoms. The molecular weight excluding hydrogens is 384 g/mol. The van der Waals surface area contributed by atoms with E-state index in [1.807, 2.05) is 4.90 Å². The van der Waals surface area contributed by atoms with Crippen LogP contribution in [-0.4, -0.2) is 61.0 Å². The van der Waals surface area contributed by atoms with Crippen LogP contribution in [0.15, 0.2) is 48.5 Å². The monoisotopic (exact) mass is 416 g/mol. The van der Waals surface area contributed by atoms with Gasteiger partial charge in [0.25, 0.3) is 0 Å². The number of amides is 1. The molecule has 1 amide bonds. The summed E-state index contributed by atoms with van der Waals surface area (Å²) in [6, 6.07) is 17.8. The second kappa shape index (κ2) is 8.67. The standard InChI is InChI=1S/C26H32N4O/c1-18-16-26(22-8-6-21(7-9-22)19(2)28(4)5)27-25-11-10-23(17-24(18)25)30-14-12-29(13-15-30)20(3)31/h6-11,16-17,19H,12-15H2,1-5H3. The van der Waals surface area contributed by atoms with Crippen molar-refractivity contribution in [3.05, 3.63) is 59.7 Å². The topological polar surface area (TPSA) is 39.7 Å². The number of carbonyl (C=O) groups excluding carboxylic acids is 1. The van der Waals surface area contributed by atoms with E-state index in [9.17, 15) is 4.79 Å². The molecule has 1 fully saturated rings. The Morgan fingerprint density at radius 2 is 1.68 bits per heavy atom. The van der Waals surface area contributed by atoms with Crippen molar-refractivity contribution in [2.75, 3.05) is 45.2 Å². The van der Waals surface area contributed by atoms with Crippen LogP contribution in [0.25, 0.3) is 22.2 Å². The molecule has 1 aliphatic rings. The average Bonchev–Trinajstić information content (AvgIpc) is 2.78. The lowest BCUT2D eigenvalue weighted by molar-refractivity contribution is -0.129. The van der Waals surface area contributed by atoms with Gasteiger partial charge in [-0.1, -0.05) is 24.3 Å². The summed E-state index contributed by atoms with van der Waals surface area (Å²) in [6.45, 7) is 9.33. The number of pyridine rings is 1. The van der Waals surface area contributed by atoms with Gasteiger partial charge in [-0.15, -0.1) is 0 Å². The van der Waals surface area contributed by atoms with Gasteiger partial charge in [0, 0.05) is 55.8 Å². The smallest absolute Gasteiger partial charge is 0.219 e. The highest BCUT2D eigenvalue weighted by atomic mass is 16.2. The molecule has 0 radical (unpaired) electrons. The zero-order valence-electron chi connectivity index (χ0n) is 19.2. The average molecular weight is 417 g/mol. The number of nitrogens with zero attached hydrogens (tertiary/aromatic N) is 4. The Kier molecular flexibility index (Phi) is 5.96. The van der Waals surface area contributed by atoms with E-state index < -0.39 is 0 Å². The maximum Gasteiger partial charge on any atom is 0.219 e. The molecule has 0 bridgehead atoms. The van der Waals surface area contributed by atoms with Gasteiger partial charge in [0.05, 0.1) is 11.2 Å². The molecule has 162 valence electrons. The number of rotatable bonds is 4. The molecule has 0 saturated carbocycles. The highest BCUT2D eigenvalue weighted by Gasteiger charge is 2.19. The first-order chi connectivity index (χ1) is 14.8. The Hall–Kier alpha value is -2.92. The van der Waals surface area contributed by atoms with Crippen LogP contribution in [0.2, 0.25) is 0 Å². The number of hydrogen-bond donors (Lipinski definition) is 0. The number of benzene rings is 2. The van der Waals surface area contributed by atoms with Gasteiger partial charge >= 0.3 is 0 Å². The fourth-order valence-corrected chi connectivity index (χ4v) is 4.24. The first-order valence-corrected chi connectivity index (χ1v) is 11.0. The van der Waals surface area contributed by atoms with E-state index in [0.717, 1.165) is 43.0 Å².